The summed E-state index contributed by atoms with van der Waals surface area (Å²) in [6.45, 7) is 4.46. The summed E-state index contributed by atoms with van der Waals surface area (Å²) < 4.78 is 1.03. The number of carbonyl (C=O) groups is 1. The molecule has 1 unspecified atom stereocenters. The molecule has 0 aliphatic carbocycles. The molecule has 1 fully saturated rings. The van der Waals surface area contributed by atoms with Crippen LogP contribution in [0.5, 0.6) is 0 Å². The molecule has 1 rings (SSSR count). The Morgan fingerprint density at radius 1 is 1.47 bits per heavy atom. The predicted molar refractivity (Wildman–Crippen MR) is 80.6 cm³/mol. The minimum absolute atomic E-state index is 0.243. The Labute approximate surface area is 119 Å². The second-order valence-electron chi connectivity index (χ2n) is 5.07. The number of rotatable bonds is 6. The van der Waals surface area contributed by atoms with Crippen molar-refractivity contribution in [3.63, 3.8) is 0 Å². The molecule has 1 amide bonds. The van der Waals surface area contributed by atoms with E-state index < -0.39 is 0 Å². The van der Waals surface area contributed by atoms with Crippen LogP contribution in [-0.2, 0) is 4.79 Å². The maximum Gasteiger partial charge on any atom is 0.220 e. The Morgan fingerprint density at radius 2 is 2.12 bits per heavy atom. The maximum atomic E-state index is 11.8. The molecule has 1 aliphatic rings. The van der Waals surface area contributed by atoms with Crippen LogP contribution in [0.15, 0.2) is 0 Å². The monoisotopic (exact) mass is 352 g/mol. The predicted octanol–water partition coefficient (Wildman–Crippen LogP) is 2.44. The normalized spacial score (nSPS) is 20.2. The Bertz CT molecular complexity index is 227. The third-order valence-corrected chi connectivity index (χ3v) is 4.55. The quantitative estimate of drug-likeness (QED) is 0.588. The van der Waals surface area contributed by atoms with E-state index >= 15 is 0 Å². The van der Waals surface area contributed by atoms with Crippen molar-refractivity contribution in [2.45, 2.75) is 45.1 Å². The molecule has 1 atom stereocenters. The topological polar surface area (TPSA) is 32.3 Å². The Kier molecular flexibility index (Phi) is 7.43. The van der Waals surface area contributed by atoms with Gasteiger partial charge >= 0.3 is 0 Å². The minimum Gasteiger partial charge on any atom is -0.352 e. The van der Waals surface area contributed by atoms with Gasteiger partial charge in [-0.2, -0.15) is 0 Å². The second kappa shape index (κ2) is 8.29. The summed E-state index contributed by atoms with van der Waals surface area (Å²) in [5.74, 6) is 0.918. The van der Waals surface area contributed by atoms with Crippen LogP contribution in [0.2, 0.25) is 0 Å². The van der Waals surface area contributed by atoms with Crippen molar-refractivity contribution in [3.05, 3.63) is 0 Å². The molecule has 0 radical (unpaired) electrons. The third kappa shape index (κ3) is 5.55. The molecular formula is C13H25IN2O. The van der Waals surface area contributed by atoms with E-state index in [2.05, 4.69) is 46.8 Å². The van der Waals surface area contributed by atoms with Gasteiger partial charge in [0.2, 0.25) is 5.91 Å². The molecule has 1 heterocycles. The second-order valence-corrected chi connectivity index (χ2v) is 5.95. The van der Waals surface area contributed by atoms with Crippen LogP contribution in [0.1, 0.15) is 39.0 Å². The Morgan fingerprint density at radius 3 is 2.65 bits per heavy atom. The fourth-order valence-electron chi connectivity index (χ4n) is 2.33. The van der Waals surface area contributed by atoms with Crippen molar-refractivity contribution >= 4 is 28.5 Å². The van der Waals surface area contributed by atoms with Gasteiger partial charge in [0.25, 0.3) is 0 Å². The van der Waals surface area contributed by atoms with Gasteiger partial charge < -0.3 is 10.2 Å². The van der Waals surface area contributed by atoms with Gasteiger partial charge in [-0.1, -0.05) is 35.9 Å². The lowest BCUT2D eigenvalue weighted by Crippen LogP contribution is -2.45. The van der Waals surface area contributed by atoms with Crippen LogP contribution >= 0.6 is 22.6 Å². The van der Waals surface area contributed by atoms with Gasteiger partial charge in [-0.25, -0.2) is 0 Å². The largest absolute Gasteiger partial charge is 0.352 e. The molecule has 3 nitrogen and oxygen atoms in total. The average Bonchev–Trinajstić information content (AvgIpc) is 2.34. The lowest BCUT2D eigenvalue weighted by molar-refractivity contribution is -0.122. The third-order valence-electron chi connectivity index (χ3n) is 3.60. The van der Waals surface area contributed by atoms with Gasteiger partial charge in [0, 0.05) is 16.9 Å². The number of halogens is 1. The fraction of sp³-hybridized carbons (Fsp3) is 0.923. The van der Waals surface area contributed by atoms with E-state index in [9.17, 15) is 4.79 Å². The van der Waals surface area contributed by atoms with E-state index in [1.54, 1.807) is 0 Å². The highest BCUT2D eigenvalue weighted by Gasteiger charge is 2.25. The number of hydrogen-bond acceptors (Lipinski definition) is 2. The number of carbonyl (C=O) groups excluding carboxylic acids is 1. The molecule has 1 saturated heterocycles. The summed E-state index contributed by atoms with van der Waals surface area (Å²) in [4.78, 5) is 14.1. The number of piperidine rings is 1. The molecule has 0 bridgehead atoms. The zero-order chi connectivity index (χ0) is 12.7. The smallest absolute Gasteiger partial charge is 0.220 e. The lowest BCUT2D eigenvalue weighted by atomic mass is 9.90. The summed E-state index contributed by atoms with van der Waals surface area (Å²) >= 11 is 2.40. The van der Waals surface area contributed by atoms with E-state index in [0.29, 0.717) is 18.4 Å². The van der Waals surface area contributed by atoms with E-state index in [-0.39, 0.29) is 5.91 Å². The zero-order valence-corrected chi connectivity index (χ0v) is 13.2. The van der Waals surface area contributed by atoms with Crippen LogP contribution in [0.4, 0.5) is 0 Å². The van der Waals surface area contributed by atoms with E-state index in [1.165, 1.54) is 25.9 Å². The maximum absolute atomic E-state index is 11.8. The molecule has 0 aromatic rings. The number of nitrogens with zero attached hydrogens (tertiary/aromatic N) is 1. The van der Waals surface area contributed by atoms with Gasteiger partial charge in [-0.15, -0.1) is 0 Å². The highest BCUT2D eigenvalue weighted by Crippen LogP contribution is 2.21. The molecule has 1 N–H and O–H groups in total. The molecule has 100 valence electrons. The number of hydrogen-bond donors (Lipinski definition) is 1. The van der Waals surface area contributed by atoms with Crippen molar-refractivity contribution in [1.29, 1.82) is 0 Å². The Balaban J connectivity index is 2.34. The first-order chi connectivity index (χ1) is 8.17. The molecule has 0 aromatic carbocycles. The van der Waals surface area contributed by atoms with Gasteiger partial charge in [0.05, 0.1) is 0 Å². The van der Waals surface area contributed by atoms with E-state index in [1.807, 2.05) is 0 Å². The van der Waals surface area contributed by atoms with Crippen molar-refractivity contribution in [1.82, 2.24) is 10.2 Å². The molecule has 4 heteroatoms. The first-order valence-electron chi connectivity index (χ1n) is 6.71. The van der Waals surface area contributed by atoms with Crippen LogP contribution in [0.25, 0.3) is 0 Å². The molecule has 0 aromatic heterocycles. The fourth-order valence-corrected chi connectivity index (χ4v) is 3.27. The zero-order valence-electron chi connectivity index (χ0n) is 11.0. The molecule has 0 saturated carbocycles. The number of likely N-dealkylation sites (tertiary alicyclic amines) is 1. The number of alkyl halides is 1. The van der Waals surface area contributed by atoms with E-state index in [4.69, 9.17) is 0 Å². The molecular weight excluding hydrogens is 327 g/mol. The van der Waals surface area contributed by atoms with Crippen LogP contribution in [0, 0.1) is 5.92 Å². The van der Waals surface area contributed by atoms with Crippen molar-refractivity contribution in [2.24, 2.45) is 5.92 Å². The highest BCUT2D eigenvalue weighted by molar-refractivity contribution is 14.1. The minimum atomic E-state index is 0.243. The van der Waals surface area contributed by atoms with E-state index in [0.717, 1.165) is 17.3 Å². The summed E-state index contributed by atoms with van der Waals surface area (Å²) in [6, 6.07) is 0.383. The van der Waals surface area contributed by atoms with Gasteiger partial charge in [-0.05, 0) is 45.3 Å². The number of amides is 1. The van der Waals surface area contributed by atoms with Gasteiger partial charge in [-0.3, -0.25) is 4.79 Å². The lowest BCUT2D eigenvalue weighted by Gasteiger charge is -2.34. The van der Waals surface area contributed by atoms with Crippen LogP contribution in [-0.4, -0.2) is 41.4 Å². The first-order valence-corrected chi connectivity index (χ1v) is 8.23. The molecule has 0 spiro atoms. The number of unbranched alkanes of at least 4 members (excludes halogenated alkanes) is 1. The van der Waals surface area contributed by atoms with Crippen LogP contribution in [0.3, 0.4) is 0 Å². The van der Waals surface area contributed by atoms with Gasteiger partial charge in [0.15, 0.2) is 0 Å². The Hall–Kier alpha value is 0.160. The SMILES string of the molecule is CCCCC(=O)NC(CI)C1CCN(C)CC1. The number of nitrogens with one attached hydrogen (secondary N) is 1. The summed E-state index contributed by atoms with van der Waals surface area (Å²) in [5, 5.41) is 3.22. The summed E-state index contributed by atoms with van der Waals surface area (Å²) in [7, 11) is 2.18. The van der Waals surface area contributed by atoms with Gasteiger partial charge in [0.1, 0.15) is 0 Å². The van der Waals surface area contributed by atoms with Crippen molar-refractivity contribution in [3.8, 4) is 0 Å². The first kappa shape index (κ1) is 15.2. The summed E-state index contributed by atoms with van der Waals surface area (Å²) in [6.07, 6.45) is 5.23. The summed E-state index contributed by atoms with van der Waals surface area (Å²) in [5.41, 5.74) is 0. The highest BCUT2D eigenvalue weighted by atomic mass is 127. The van der Waals surface area contributed by atoms with Crippen molar-refractivity contribution < 1.29 is 4.79 Å². The van der Waals surface area contributed by atoms with Crippen LogP contribution < -0.4 is 5.32 Å². The van der Waals surface area contributed by atoms with Crippen molar-refractivity contribution in [2.75, 3.05) is 24.6 Å². The molecule has 17 heavy (non-hydrogen) atoms. The average molecular weight is 352 g/mol. The molecule has 1 aliphatic heterocycles. The standard InChI is InChI=1S/C13H25IN2O/c1-3-4-5-13(17)15-12(10-14)11-6-8-16(2)9-7-11/h11-12H,3-10H2,1-2H3,(H,15,17).